The van der Waals surface area contributed by atoms with Crippen LogP contribution in [0.25, 0.3) is 0 Å². The molecule has 0 fully saturated rings. The van der Waals surface area contributed by atoms with Gasteiger partial charge in [0.05, 0.1) is 0 Å². The number of ether oxygens (including phenoxy) is 2. The summed E-state index contributed by atoms with van der Waals surface area (Å²) in [7, 11) is 1.86. The minimum Gasteiger partial charge on any atom is -0.454 e. The largest absolute Gasteiger partial charge is 0.454 e. The molecule has 0 saturated carbocycles. The average molecular weight is 458 g/mol. The number of nitrogens with zero attached hydrogens (tertiary/aromatic N) is 4. The number of aliphatic imine (C=N–C) groups is 1. The molecule has 0 aliphatic carbocycles. The minimum atomic E-state index is 0. The second-order valence-electron chi connectivity index (χ2n) is 5.36. The molecule has 0 unspecified atom stereocenters. The van der Waals surface area contributed by atoms with E-state index in [2.05, 4.69) is 31.8 Å². The van der Waals surface area contributed by atoms with Gasteiger partial charge in [-0.05, 0) is 31.0 Å². The highest BCUT2D eigenvalue weighted by Crippen LogP contribution is 2.32. The van der Waals surface area contributed by atoms with Crippen molar-refractivity contribution in [3.8, 4) is 11.5 Å². The van der Waals surface area contributed by atoms with Crippen LogP contribution in [-0.4, -0.2) is 40.6 Å². The van der Waals surface area contributed by atoms with E-state index in [0.717, 1.165) is 42.8 Å². The Kier molecular flexibility index (Phi) is 7.29. The molecular formula is C16H23IN6O2. The van der Waals surface area contributed by atoms with Gasteiger partial charge >= 0.3 is 0 Å². The number of guanidine groups is 1. The number of fused-ring (bicyclic) bond motifs is 1. The Morgan fingerprint density at radius 3 is 2.88 bits per heavy atom. The highest BCUT2D eigenvalue weighted by molar-refractivity contribution is 14.0. The van der Waals surface area contributed by atoms with Gasteiger partial charge in [0.1, 0.15) is 18.7 Å². The molecule has 0 atom stereocenters. The summed E-state index contributed by atoms with van der Waals surface area (Å²) in [5.74, 6) is 3.21. The highest BCUT2D eigenvalue weighted by atomic mass is 127. The highest BCUT2D eigenvalue weighted by Gasteiger charge is 2.12. The van der Waals surface area contributed by atoms with Crippen LogP contribution in [0.5, 0.6) is 11.5 Å². The Labute approximate surface area is 164 Å². The van der Waals surface area contributed by atoms with Crippen LogP contribution in [0.4, 0.5) is 0 Å². The molecule has 2 heterocycles. The molecule has 1 aromatic heterocycles. The monoisotopic (exact) mass is 458 g/mol. The summed E-state index contributed by atoms with van der Waals surface area (Å²) in [5, 5.41) is 10.6. The zero-order chi connectivity index (χ0) is 16.8. The van der Waals surface area contributed by atoms with Crippen molar-refractivity contribution in [2.24, 2.45) is 12.0 Å². The van der Waals surface area contributed by atoms with E-state index in [1.54, 1.807) is 4.68 Å². The van der Waals surface area contributed by atoms with E-state index >= 15 is 0 Å². The first-order valence-electron chi connectivity index (χ1n) is 8.00. The van der Waals surface area contributed by atoms with E-state index < -0.39 is 0 Å². The Morgan fingerprint density at radius 2 is 2.12 bits per heavy atom. The van der Waals surface area contributed by atoms with Gasteiger partial charge in [-0.25, -0.2) is 9.98 Å². The van der Waals surface area contributed by atoms with Crippen LogP contribution in [0, 0.1) is 0 Å². The smallest absolute Gasteiger partial charge is 0.231 e. The zero-order valence-corrected chi connectivity index (χ0v) is 16.7. The van der Waals surface area contributed by atoms with E-state index in [4.69, 9.17) is 9.47 Å². The number of aryl methyl sites for hydroxylation is 1. The van der Waals surface area contributed by atoms with Crippen LogP contribution in [0.3, 0.4) is 0 Å². The summed E-state index contributed by atoms with van der Waals surface area (Å²) < 4.78 is 12.4. The molecule has 2 aromatic rings. The molecule has 0 saturated heterocycles. The third kappa shape index (κ3) is 5.21. The molecule has 9 heteroatoms. The lowest BCUT2D eigenvalue weighted by Crippen LogP contribution is -2.38. The van der Waals surface area contributed by atoms with Crippen molar-refractivity contribution in [1.29, 1.82) is 0 Å². The fraction of sp³-hybridized carbons (Fsp3) is 0.438. The summed E-state index contributed by atoms with van der Waals surface area (Å²) in [4.78, 5) is 8.70. The van der Waals surface area contributed by atoms with Gasteiger partial charge in [-0.2, -0.15) is 5.10 Å². The topological polar surface area (TPSA) is 85.6 Å². The first-order chi connectivity index (χ1) is 11.8. The van der Waals surface area contributed by atoms with Crippen LogP contribution in [0.2, 0.25) is 0 Å². The standard InChI is InChI=1S/C16H22N6O2.HI/c1-3-17-16(19-9-15-20-10-21-22(15)2)18-7-6-12-4-5-13-14(8-12)24-11-23-13;/h4-5,8,10H,3,6-7,9,11H2,1-2H3,(H2,17,18,19);1H. The number of nitrogens with one attached hydrogen (secondary N) is 2. The van der Waals surface area contributed by atoms with Crippen molar-refractivity contribution in [3.05, 3.63) is 35.9 Å². The molecule has 1 aliphatic rings. The molecule has 136 valence electrons. The van der Waals surface area contributed by atoms with E-state index in [1.807, 2.05) is 26.1 Å². The van der Waals surface area contributed by atoms with Gasteiger partial charge in [0.15, 0.2) is 17.5 Å². The molecule has 8 nitrogen and oxygen atoms in total. The lowest BCUT2D eigenvalue weighted by atomic mass is 10.1. The van der Waals surface area contributed by atoms with Crippen molar-refractivity contribution in [3.63, 3.8) is 0 Å². The maximum Gasteiger partial charge on any atom is 0.231 e. The van der Waals surface area contributed by atoms with Crippen molar-refractivity contribution < 1.29 is 9.47 Å². The minimum absolute atomic E-state index is 0. The normalized spacial score (nSPS) is 12.6. The summed E-state index contributed by atoms with van der Waals surface area (Å²) >= 11 is 0. The lowest BCUT2D eigenvalue weighted by Gasteiger charge is -2.11. The van der Waals surface area contributed by atoms with Crippen LogP contribution in [0.15, 0.2) is 29.5 Å². The first kappa shape index (κ1) is 19.3. The average Bonchev–Trinajstić information content (AvgIpc) is 3.21. The van der Waals surface area contributed by atoms with E-state index in [-0.39, 0.29) is 24.0 Å². The van der Waals surface area contributed by atoms with Crippen LogP contribution < -0.4 is 20.1 Å². The lowest BCUT2D eigenvalue weighted by molar-refractivity contribution is 0.174. The second-order valence-corrected chi connectivity index (χ2v) is 5.36. The number of benzene rings is 1. The molecule has 0 radical (unpaired) electrons. The summed E-state index contributed by atoms with van der Waals surface area (Å²) in [6, 6.07) is 6.03. The van der Waals surface area contributed by atoms with Crippen molar-refractivity contribution in [2.75, 3.05) is 19.9 Å². The van der Waals surface area contributed by atoms with E-state index in [9.17, 15) is 0 Å². The molecule has 1 aliphatic heterocycles. The number of halogens is 1. The Bertz CT molecular complexity index is 718. The van der Waals surface area contributed by atoms with Crippen LogP contribution in [0.1, 0.15) is 18.3 Å². The Morgan fingerprint density at radius 1 is 1.28 bits per heavy atom. The van der Waals surface area contributed by atoms with Gasteiger partial charge in [-0.3, -0.25) is 4.68 Å². The third-order valence-corrected chi connectivity index (χ3v) is 3.67. The van der Waals surface area contributed by atoms with Crippen molar-refractivity contribution in [2.45, 2.75) is 19.9 Å². The van der Waals surface area contributed by atoms with Gasteiger partial charge in [0.25, 0.3) is 0 Å². The summed E-state index contributed by atoms with van der Waals surface area (Å²) in [5.41, 5.74) is 1.19. The van der Waals surface area contributed by atoms with Gasteiger partial charge in [-0.1, -0.05) is 6.07 Å². The molecular weight excluding hydrogens is 435 g/mol. The van der Waals surface area contributed by atoms with Crippen LogP contribution >= 0.6 is 24.0 Å². The van der Waals surface area contributed by atoms with E-state index in [0.29, 0.717) is 13.3 Å². The molecule has 25 heavy (non-hydrogen) atoms. The van der Waals surface area contributed by atoms with Crippen LogP contribution in [-0.2, 0) is 20.0 Å². The summed E-state index contributed by atoms with van der Waals surface area (Å²) in [6.07, 6.45) is 2.40. The predicted octanol–water partition coefficient (Wildman–Crippen LogP) is 1.46. The SMILES string of the molecule is CCNC(=NCc1ncnn1C)NCCc1ccc2c(c1)OCO2.I. The number of aromatic nitrogens is 3. The molecule has 0 spiro atoms. The molecule has 2 N–H and O–H groups in total. The fourth-order valence-electron chi connectivity index (χ4n) is 2.38. The maximum absolute atomic E-state index is 5.40. The number of hydrogen-bond acceptors (Lipinski definition) is 5. The molecule has 0 bridgehead atoms. The van der Waals surface area contributed by atoms with Crippen molar-refractivity contribution >= 4 is 29.9 Å². The first-order valence-corrected chi connectivity index (χ1v) is 8.00. The maximum atomic E-state index is 5.40. The van der Waals surface area contributed by atoms with Gasteiger partial charge in [-0.15, -0.1) is 24.0 Å². The zero-order valence-electron chi connectivity index (χ0n) is 14.4. The number of rotatable bonds is 6. The Hall–Kier alpha value is -2.04. The molecule has 1 aromatic carbocycles. The Balaban J connectivity index is 0.00000225. The van der Waals surface area contributed by atoms with Gasteiger partial charge < -0.3 is 20.1 Å². The van der Waals surface area contributed by atoms with Crippen molar-refractivity contribution in [1.82, 2.24) is 25.4 Å². The number of hydrogen-bond donors (Lipinski definition) is 2. The van der Waals surface area contributed by atoms with Gasteiger partial charge in [0, 0.05) is 20.1 Å². The quantitative estimate of drug-likeness (QED) is 0.388. The predicted molar refractivity (Wildman–Crippen MR) is 106 cm³/mol. The van der Waals surface area contributed by atoms with Gasteiger partial charge in [0.2, 0.25) is 6.79 Å². The molecule has 3 rings (SSSR count). The second kappa shape index (κ2) is 9.44. The molecule has 0 amide bonds. The summed E-state index contributed by atoms with van der Waals surface area (Å²) in [6.45, 7) is 4.39. The third-order valence-electron chi connectivity index (χ3n) is 3.67. The fourth-order valence-corrected chi connectivity index (χ4v) is 2.38. The van der Waals surface area contributed by atoms with E-state index in [1.165, 1.54) is 11.9 Å².